The van der Waals surface area contributed by atoms with Crippen molar-refractivity contribution in [2.75, 3.05) is 0 Å². The molecule has 2 N–H and O–H groups in total. The maximum absolute atomic E-state index is 13.0. The quantitative estimate of drug-likeness (QED) is 0.408. The van der Waals surface area contributed by atoms with E-state index in [1.165, 1.54) is 0 Å². The van der Waals surface area contributed by atoms with Crippen molar-refractivity contribution < 1.29 is 52.7 Å². The van der Waals surface area contributed by atoms with Crippen LogP contribution in [-0.4, -0.2) is 40.9 Å². The van der Waals surface area contributed by atoms with Gasteiger partial charge < -0.3 is 5.73 Å². The van der Waals surface area contributed by atoms with Crippen LogP contribution in [0.25, 0.3) is 0 Å². The molecule has 0 aliphatic heterocycles. The Hall–Kier alpha value is -0.530. The van der Waals surface area contributed by atoms with Crippen LogP contribution < -0.4 is 5.73 Å². The molecular formula is C8H7F12NS. The van der Waals surface area contributed by atoms with Gasteiger partial charge in [0.05, 0.1) is 0 Å². The van der Waals surface area contributed by atoms with Crippen LogP contribution in [0, 0.1) is 0 Å². The average Bonchev–Trinajstić information content (AvgIpc) is 2.25. The highest BCUT2D eigenvalue weighted by atomic mass is 32.1. The fourth-order valence-corrected chi connectivity index (χ4v) is 1.23. The Kier molecular flexibility index (Phi) is 5.12. The first-order valence-electron chi connectivity index (χ1n) is 4.90. The smallest absolute Gasteiger partial charge is 0.314 e. The lowest BCUT2D eigenvalue weighted by Crippen LogP contribution is -2.72. The Morgan fingerprint density at radius 3 is 1.14 bits per heavy atom. The van der Waals surface area contributed by atoms with Crippen molar-refractivity contribution in [1.82, 2.24) is 0 Å². The van der Waals surface area contributed by atoms with Gasteiger partial charge in [0.2, 0.25) is 0 Å². The van der Waals surface area contributed by atoms with Crippen molar-refractivity contribution >= 4 is 12.6 Å². The van der Waals surface area contributed by atoms with Crippen LogP contribution in [0.15, 0.2) is 0 Å². The SMILES string of the molecule is CC(F)(F)C(F)(F)C(F)(F)C(F)(F)C(F)(F)C(F)(F)C(N)S. The third kappa shape index (κ3) is 2.61. The monoisotopic (exact) mass is 377 g/mol. The van der Waals surface area contributed by atoms with Crippen LogP contribution in [0.4, 0.5) is 52.7 Å². The summed E-state index contributed by atoms with van der Waals surface area (Å²) in [5.74, 6) is -41.5. The molecule has 0 rings (SSSR count). The van der Waals surface area contributed by atoms with Gasteiger partial charge in [0.25, 0.3) is 0 Å². The molecule has 0 spiro atoms. The summed E-state index contributed by atoms with van der Waals surface area (Å²) < 4.78 is 153. The van der Waals surface area contributed by atoms with Crippen molar-refractivity contribution in [2.45, 2.75) is 47.8 Å². The van der Waals surface area contributed by atoms with Crippen LogP contribution in [0.1, 0.15) is 6.92 Å². The molecular weight excluding hydrogens is 370 g/mol. The largest absolute Gasteiger partial charge is 0.384 e. The zero-order chi connectivity index (χ0) is 18.6. The molecule has 22 heavy (non-hydrogen) atoms. The first-order valence-corrected chi connectivity index (χ1v) is 5.41. The van der Waals surface area contributed by atoms with Crippen LogP contribution >= 0.6 is 12.6 Å². The number of hydrogen-bond acceptors (Lipinski definition) is 2. The van der Waals surface area contributed by atoms with E-state index in [0.29, 0.717) is 0 Å². The number of halogens is 12. The molecule has 0 fully saturated rings. The maximum atomic E-state index is 13.0. The lowest BCUT2D eigenvalue weighted by atomic mass is 9.92. The molecule has 134 valence electrons. The molecule has 0 radical (unpaired) electrons. The number of alkyl halides is 12. The van der Waals surface area contributed by atoms with Gasteiger partial charge in [-0.25, -0.2) is 0 Å². The Morgan fingerprint density at radius 1 is 0.636 bits per heavy atom. The van der Waals surface area contributed by atoms with E-state index in [2.05, 4.69) is 18.4 Å². The van der Waals surface area contributed by atoms with Crippen molar-refractivity contribution in [1.29, 1.82) is 0 Å². The van der Waals surface area contributed by atoms with Crippen molar-refractivity contribution in [2.24, 2.45) is 5.73 Å². The summed E-state index contributed by atoms with van der Waals surface area (Å²) in [6.45, 7) is -0.975. The van der Waals surface area contributed by atoms with Gasteiger partial charge in [0.15, 0.2) is 0 Å². The molecule has 0 heterocycles. The first kappa shape index (κ1) is 21.5. The van der Waals surface area contributed by atoms with E-state index in [1.807, 2.05) is 0 Å². The fraction of sp³-hybridized carbons (Fsp3) is 1.00. The molecule has 0 aromatic heterocycles. The highest BCUT2D eigenvalue weighted by Crippen LogP contribution is 2.60. The average molecular weight is 377 g/mol. The lowest BCUT2D eigenvalue weighted by Gasteiger charge is -2.41. The highest BCUT2D eigenvalue weighted by molar-refractivity contribution is 7.81. The second kappa shape index (κ2) is 5.24. The molecule has 1 atom stereocenters. The minimum atomic E-state index is -7.58. The minimum absolute atomic E-state index is 0.975. The zero-order valence-corrected chi connectivity index (χ0v) is 11.0. The molecule has 1 unspecified atom stereocenters. The molecule has 0 amide bonds. The standard InChI is InChI=1S/C8H7F12NS/c1-3(9,10)5(13,14)7(17,18)8(19,20)6(15,16)4(11,12)2(21)22/h2,22H,21H2,1H3. The number of nitrogens with two attached hydrogens (primary N) is 1. The number of hydrogen-bond donors (Lipinski definition) is 2. The van der Waals surface area contributed by atoms with E-state index in [-0.39, 0.29) is 0 Å². The van der Waals surface area contributed by atoms with Gasteiger partial charge in [-0.2, -0.15) is 65.3 Å². The lowest BCUT2D eigenvalue weighted by molar-refractivity contribution is -0.422. The van der Waals surface area contributed by atoms with Crippen molar-refractivity contribution in [3.8, 4) is 0 Å². The van der Waals surface area contributed by atoms with Crippen LogP contribution in [0.5, 0.6) is 0 Å². The second-order valence-electron chi connectivity index (χ2n) is 4.25. The van der Waals surface area contributed by atoms with Crippen molar-refractivity contribution in [3.63, 3.8) is 0 Å². The molecule has 0 aromatic rings. The summed E-state index contributed by atoms with van der Waals surface area (Å²) in [5.41, 5.74) is 4.11. The Labute approximate surface area is 120 Å². The van der Waals surface area contributed by atoms with E-state index in [1.54, 1.807) is 0 Å². The molecule has 0 aromatic carbocycles. The van der Waals surface area contributed by atoms with E-state index < -0.39 is 47.8 Å². The third-order valence-corrected chi connectivity index (χ3v) is 2.85. The van der Waals surface area contributed by atoms with Crippen LogP contribution in [-0.2, 0) is 0 Å². The van der Waals surface area contributed by atoms with Gasteiger partial charge in [0, 0.05) is 6.92 Å². The zero-order valence-electron chi connectivity index (χ0n) is 10.1. The topological polar surface area (TPSA) is 26.0 Å². The predicted octanol–water partition coefficient (Wildman–Crippen LogP) is 4.03. The Morgan fingerprint density at radius 2 is 0.909 bits per heavy atom. The highest BCUT2D eigenvalue weighted by Gasteiger charge is 2.89. The van der Waals surface area contributed by atoms with Crippen LogP contribution in [0.3, 0.4) is 0 Å². The molecule has 14 heteroatoms. The van der Waals surface area contributed by atoms with Crippen LogP contribution in [0.2, 0.25) is 0 Å². The van der Waals surface area contributed by atoms with Gasteiger partial charge >= 0.3 is 35.5 Å². The predicted molar refractivity (Wildman–Crippen MR) is 52.3 cm³/mol. The van der Waals surface area contributed by atoms with Gasteiger partial charge in [-0.05, 0) is 0 Å². The molecule has 0 aliphatic rings. The summed E-state index contributed by atoms with van der Waals surface area (Å²) in [4.78, 5) is 0. The van der Waals surface area contributed by atoms with Gasteiger partial charge in [-0.15, -0.1) is 0 Å². The first-order chi connectivity index (χ1) is 9.19. The normalized spacial score (nSPS) is 17.6. The van der Waals surface area contributed by atoms with E-state index in [0.717, 1.165) is 0 Å². The Balaban J connectivity index is 6.24. The molecule has 0 bridgehead atoms. The van der Waals surface area contributed by atoms with E-state index >= 15 is 0 Å². The molecule has 0 saturated heterocycles. The third-order valence-electron chi connectivity index (χ3n) is 2.52. The molecule has 0 saturated carbocycles. The summed E-state index contributed by atoms with van der Waals surface area (Å²) in [7, 11) is 0. The number of thiol groups is 1. The van der Waals surface area contributed by atoms with E-state index in [9.17, 15) is 52.7 Å². The molecule has 1 nitrogen and oxygen atoms in total. The Bertz CT molecular complexity index is 412. The summed E-state index contributed by atoms with van der Waals surface area (Å²) in [5, 5.41) is -3.47. The van der Waals surface area contributed by atoms with Gasteiger partial charge in [-0.1, -0.05) is 0 Å². The summed E-state index contributed by atoms with van der Waals surface area (Å²) in [6, 6.07) is 0. The second-order valence-corrected chi connectivity index (χ2v) is 4.81. The fourth-order valence-electron chi connectivity index (χ4n) is 1.07. The molecule has 0 aliphatic carbocycles. The van der Waals surface area contributed by atoms with Crippen molar-refractivity contribution in [3.05, 3.63) is 0 Å². The maximum Gasteiger partial charge on any atom is 0.384 e. The number of rotatable bonds is 6. The van der Waals surface area contributed by atoms with E-state index in [4.69, 9.17) is 0 Å². The summed E-state index contributed by atoms with van der Waals surface area (Å²) >= 11 is 2.46. The van der Waals surface area contributed by atoms with Gasteiger partial charge in [0.1, 0.15) is 5.37 Å². The minimum Gasteiger partial charge on any atom is -0.314 e. The van der Waals surface area contributed by atoms with Gasteiger partial charge in [-0.3, -0.25) is 0 Å². The summed E-state index contributed by atoms with van der Waals surface area (Å²) in [6.07, 6.45) is 0.